The van der Waals surface area contributed by atoms with Crippen LogP contribution in [0.5, 0.6) is 0 Å². The molecule has 150 valence electrons. The third-order valence-corrected chi connectivity index (χ3v) is 5.34. The molecule has 2 aromatic rings. The average Bonchev–Trinajstić information content (AvgIpc) is 3.08. The minimum Gasteiger partial charge on any atom is -0.386 e. The minimum absolute atomic E-state index is 0. The standard InChI is InChI=1S/C19H28N4O2S.HI/c1-4-13(2)23-18(25)9-10-21-19(20-3)22-12-15(24)17-11-14-7-5-6-8-16(14)26-17;/h5-8,11,13,15,24H,4,9-10,12H2,1-3H3,(H,23,25)(H2,20,21,22);1H. The van der Waals surface area contributed by atoms with Gasteiger partial charge in [-0.1, -0.05) is 25.1 Å². The molecule has 6 nitrogen and oxygen atoms in total. The molecule has 0 bridgehead atoms. The first-order chi connectivity index (χ1) is 12.5. The zero-order chi connectivity index (χ0) is 18.9. The van der Waals surface area contributed by atoms with Crippen molar-refractivity contribution in [2.45, 2.75) is 38.8 Å². The number of aliphatic hydroxyl groups excluding tert-OH is 1. The van der Waals surface area contributed by atoms with Crippen molar-refractivity contribution in [1.82, 2.24) is 16.0 Å². The van der Waals surface area contributed by atoms with Gasteiger partial charge in [0.25, 0.3) is 0 Å². The van der Waals surface area contributed by atoms with E-state index in [1.54, 1.807) is 18.4 Å². The van der Waals surface area contributed by atoms with Crippen molar-refractivity contribution in [2.24, 2.45) is 4.99 Å². The lowest BCUT2D eigenvalue weighted by atomic mass is 10.2. The first-order valence-corrected chi connectivity index (χ1v) is 9.75. The highest BCUT2D eigenvalue weighted by Gasteiger charge is 2.12. The quantitative estimate of drug-likeness (QED) is 0.253. The predicted molar refractivity (Wildman–Crippen MR) is 124 cm³/mol. The third kappa shape index (κ3) is 7.63. The van der Waals surface area contributed by atoms with E-state index < -0.39 is 6.10 Å². The lowest BCUT2D eigenvalue weighted by molar-refractivity contribution is -0.121. The van der Waals surface area contributed by atoms with Crippen LogP contribution in [-0.2, 0) is 4.79 Å². The Labute approximate surface area is 181 Å². The second-order valence-electron chi connectivity index (χ2n) is 6.21. The summed E-state index contributed by atoms with van der Waals surface area (Å²) in [5.74, 6) is 0.592. The van der Waals surface area contributed by atoms with Crippen molar-refractivity contribution in [2.75, 3.05) is 20.1 Å². The van der Waals surface area contributed by atoms with Crippen LogP contribution in [0.1, 0.15) is 37.7 Å². The van der Waals surface area contributed by atoms with Gasteiger partial charge in [-0.3, -0.25) is 9.79 Å². The summed E-state index contributed by atoms with van der Waals surface area (Å²) < 4.78 is 1.16. The molecule has 2 rings (SSSR count). The summed E-state index contributed by atoms with van der Waals surface area (Å²) in [6.45, 7) is 4.87. The Kier molecular flexibility index (Phi) is 10.6. The zero-order valence-electron chi connectivity index (χ0n) is 16.0. The number of amides is 1. The average molecular weight is 504 g/mol. The van der Waals surface area contributed by atoms with Crippen LogP contribution in [0.15, 0.2) is 35.3 Å². The molecule has 0 aliphatic heterocycles. The molecule has 0 spiro atoms. The Morgan fingerprint density at radius 3 is 2.70 bits per heavy atom. The fraction of sp³-hybridized carbons (Fsp3) is 0.474. The molecule has 27 heavy (non-hydrogen) atoms. The monoisotopic (exact) mass is 504 g/mol. The third-order valence-electron chi connectivity index (χ3n) is 4.12. The Hall–Kier alpha value is -1.39. The molecule has 1 aromatic heterocycles. The van der Waals surface area contributed by atoms with Crippen LogP contribution < -0.4 is 16.0 Å². The van der Waals surface area contributed by atoms with Gasteiger partial charge in [-0.05, 0) is 30.9 Å². The number of guanidine groups is 1. The first-order valence-electron chi connectivity index (χ1n) is 8.94. The van der Waals surface area contributed by atoms with Crippen LogP contribution in [0.2, 0.25) is 0 Å². The first kappa shape index (κ1) is 23.6. The van der Waals surface area contributed by atoms with Gasteiger partial charge in [0.05, 0.1) is 0 Å². The number of hydrogen-bond donors (Lipinski definition) is 4. The van der Waals surface area contributed by atoms with Crippen molar-refractivity contribution in [3.8, 4) is 0 Å². The fourth-order valence-corrected chi connectivity index (χ4v) is 3.48. The van der Waals surface area contributed by atoms with Gasteiger partial charge in [0.2, 0.25) is 5.91 Å². The molecular weight excluding hydrogens is 475 g/mol. The SMILES string of the molecule is CCC(C)NC(=O)CCNC(=NC)NCC(O)c1cc2ccccc2s1.I. The Morgan fingerprint density at radius 2 is 2.04 bits per heavy atom. The number of carbonyl (C=O) groups is 1. The van der Waals surface area contributed by atoms with Gasteiger partial charge in [-0.2, -0.15) is 0 Å². The van der Waals surface area contributed by atoms with Crippen molar-refractivity contribution < 1.29 is 9.90 Å². The molecule has 0 saturated heterocycles. The Bertz CT molecular complexity index is 717. The largest absolute Gasteiger partial charge is 0.386 e. The van der Waals surface area contributed by atoms with E-state index in [0.717, 1.165) is 21.4 Å². The highest BCUT2D eigenvalue weighted by molar-refractivity contribution is 14.0. The molecular formula is C19H29IN4O2S. The van der Waals surface area contributed by atoms with Crippen molar-refractivity contribution >= 4 is 57.3 Å². The van der Waals surface area contributed by atoms with Crippen LogP contribution in [0.25, 0.3) is 10.1 Å². The van der Waals surface area contributed by atoms with Crippen molar-refractivity contribution in [3.63, 3.8) is 0 Å². The summed E-state index contributed by atoms with van der Waals surface area (Å²) in [5.41, 5.74) is 0. The van der Waals surface area contributed by atoms with E-state index in [1.807, 2.05) is 38.1 Å². The number of halogens is 1. The molecule has 0 fully saturated rings. The summed E-state index contributed by atoms with van der Waals surface area (Å²) in [6, 6.07) is 10.3. The van der Waals surface area contributed by atoms with Crippen molar-refractivity contribution in [1.29, 1.82) is 0 Å². The predicted octanol–water partition coefficient (Wildman–Crippen LogP) is 3.02. The summed E-state index contributed by atoms with van der Waals surface area (Å²) in [5, 5.41) is 20.7. The zero-order valence-corrected chi connectivity index (χ0v) is 19.1. The number of thiophene rings is 1. The van der Waals surface area contributed by atoms with E-state index in [2.05, 4.69) is 27.0 Å². The van der Waals surface area contributed by atoms with Gasteiger partial charge in [-0.15, -0.1) is 35.3 Å². The molecule has 0 aliphatic carbocycles. The highest BCUT2D eigenvalue weighted by atomic mass is 127. The molecule has 2 unspecified atom stereocenters. The number of nitrogens with one attached hydrogen (secondary N) is 3. The van der Waals surface area contributed by atoms with Gasteiger partial charge in [-0.25, -0.2) is 0 Å². The molecule has 1 aromatic carbocycles. The fourth-order valence-electron chi connectivity index (χ4n) is 2.42. The molecule has 4 N–H and O–H groups in total. The normalized spacial score (nSPS) is 13.6. The van der Waals surface area contributed by atoms with E-state index >= 15 is 0 Å². The molecule has 8 heteroatoms. The number of nitrogens with zero attached hydrogens (tertiary/aromatic N) is 1. The van der Waals surface area contributed by atoms with Gasteiger partial charge < -0.3 is 21.1 Å². The lowest BCUT2D eigenvalue weighted by Gasteiger charge is -2.15. The number of aliphatic imine (C=N–C) groups is 1. The summed E-state index contributed by atoms with van der Waals surface area (Å²) in [7, 11) is 1.67. The lowest BCUT2D eigenvalue weighted by Crippen LogP contribution is -2.41. The number of benzene rings is 1. The number of rotatable bonds is 8. The Morgan fingerprint density at radius 1 is 1.30 bits per heavy atom. The van der Waals surface area contributed by atoms with E-state index in [9.17, 15) is 9.90 Å². The molecule has 1 heterocycles. The number of carbonyl (C=O) groups excluding carboxylic acids is 1. The Balaban J connectivity index is 0.00000364. The van der Waals surface area contributed by atoms with Gasteiger partial charge in [0.15, 0.2) is 5.96 Å². The minimum atomic E-state index is -0.611. The number of fused-ring (bicyclic) bond motifs is 1. The van der Waals surface area contributed by atoms with Gasteiger partial charge in [0, 0.05) is 42.2 Å². The highest BCUT2D eigenvalue weighted by Crippen LogP contribution is 2.29. The topological polar surface area (TPSA) is 85.8 Å². The second kappa shape index (κ2) is 12.1. The van der Waals surface area contributed by atoms with Crippen LogP contribution in [0.4, 0.5) is 0 Å². The van der Waals surface area contributed by atoms with Crippen LogP contribution >= 0.6 is 35.3 Å². The van der Waals surface area contributed by atoms with E-state index in [4.69, 9.17) is 0 Å². The van der Waals surface area contributed by atoms with E-state index in [1.165, 1.54) is 0 Å². The molecule has 0 aliphatic rings. The molecule has 1 amide bonds. The van der Waals surface area contributed by atoms with E-state index in [-0.39, 0.29) is 35.9 Å². The molecule has 0 radical (unpaired) electrons. The molecule has 0 saturated carbocycles. The maximum Gasteiger partial charge on any atom is 0.221 e. The summed E-state index contributed by atoms with van der Waals surface area (Å²) >= 11 is 1.59. The maximum atomic E-state index is 11.8. The number of hydrogen-bond acceptors (Lipinski definition) is 4. The smallest absolute Gasteiger partial charge is 0.221 e. The maximum absolute atomic E-state index is 11.8. The van der Waals surface area contributed by atoms with Crippen LogP contribution in [0, 0.1) is 0 Å². The van der Waals surface area contributed by atoms with Gasteiger partial charge in [0.1, 0.15) is 6.10 Å². The van der Waals surface area contributed by atoms with Crippen molar-refractivity contribution in [3.05, 3.63) is 35.2 Å². The second-order valence-corrected chi connectivity index (χ2v) is 7.32. The van der Waals surface area contributed by atoms with Gasteiger partial charge >= 0.3 is 0 Å². The molecule has 2 atom stereocenters. The summed E-state index contributed by atoms with van der Waals surface area (Å²) in [4.78, 5) is 16.8. The summed E-state index contributed by atoms with van der Waals surface area (Å²) in [6.07, 6.45) is 0.682. The van der Waals surface area contributed by atoms with Crippen LogP contribution in [-0.4, -0.2) is 43.2 Å². The van der Waals surface area contributed by atoms with E-state index in [0.29, 0.717) is 25.5 Å². The number of aliphatic hydroxyl groups is 1. The van der Waals surface area contributed by atoms with Crippen LogP contribution in [0.3, 0.4) is 0 Å².